The third-order valence-corrected chi connectivity index (χ3v) is 2.50. The molecule has 1 aromatic rings. The first-order chi connectivity index (χ1) is 6.76. The van der Waals surface area contributed by atoms with Gasteiger partial charge >= 0.3 is 0 Å². The highest BCUT2D eigenvalue weighted by Gasteiger charge is 1.95. The van der Waals surface area contributed by atoms with Gasteiger partial charge in [0.15, 0.2) is 0 Å². The molecule has 0 nitrogen and oxygen atoms in total. The Morgan fingerprint density at radius 1 is 1.36 bits per heavy atom. The molecule has 0 saturated heterocycles. The van der Waals surface area contributed by atoms with Crippen molar-refractivity contribution in [1.82, 2.24) is 0 Å². The van der Waals surface area contributed by atoms with Gasteiger partial charge in [0, 0.05) is 5.75 Å². The number of thiol groups is 1. The SMILES string of the molecule is CCc1cccc(CC(C)=CCS)c1. The maximum absolute atomic E-state index is 4.19. The Morgan fingerprint density at radius 2 is 2.07 bits per heavy atom. The smallest absolute Gasteiger partial charge is 0.00852 e. The summed E-state index contributed by atoms with van der Waals surface area (Å²) in [6.45, 7) is 4.35. The van der Waals surface area contributed by atoms with Crippen LogP contribution in [-0.4, -0.2) is 5.75 Å². The van der Waals surface area contributed by atoms with Crippen molar-refractivity contribution in [3.8, 4) is 0 Å². The van der Waals surface area contributed by atoms with Gasteiger partial charge < -0.3 is 0 Å². The van der Waals surface area contributed by atoms with E-state index in [0.29, 0.717) is 0 Å². The van der Waals surface area contributed by atoms with Gasteiger partial charge in [-0.25, -0.2) is 0 Å². The molecule has 0 radical (unpaired) electrons. The summed E-state index contributed by atoms with van der Waals surface area (Å²) >= 11 is 4.19. The second kappa shape index (κ2) is 5.92. The molecule has 0 bridgehead atoms. The number of aryl methyl sites for hydroxylation is 1. The number of rotatable bonds is 4. The zero-order valence-corrected chi connectivity index (χ0v) is 9.85. The molecule has 1 rings (SSSR count). The largest absolute Gasteiger partial charge is 0.175 e. The second-order valence-electron chi connectivity index (χ2n) is 3.58. The monoisotopic (exact) mass is 206 g/mol. The molecule has 0 spiro atoms. The first-order valence-corrected chi connectivity index (χ1v) is 5.73. The summed E-state index contributed by atoms with van der Waals surface area (Å²) in [5.74, 6) is 0.833. The number of hydrogen-bond acceptors (Lipinski definition) is 1. The van der Waals surface area contributed by atoms with Gasteiger partial charge in [-0.05, 0) is 30.9 Å². The van der Waals surface area contributed by atoms with Crippen LogP contribution in [0.15, 0.2) is 35.9 Å². The van der Waals surface area contributed by atoms with E-state index in [1.165, 1.54) is 16.7 Å². The lowest BCUT2D eigenvalue weighted by Gasteiger charge is -2.03. The van der Waals surface area contributed by atoms with Gasteiger partial charge in [0.25, 0.3) is 0 Å². The van der Waals surface area contributed by atoms with Crippen molar-refractivity contribution in [3.05, 3.63) is 47.0 Å². The Bertz CT molecular complexity index is 313. The van der Waals surface area contributed by atoms with Gasteiger partial charge in [0.05, 0.1) is 0 Å². The van der Waals surface area contributed by atoms with E-state index in [1.807, 2.05) is 0 Å². The quantitative estimate of drug-likeness (QED) is 0.564. The van der Waals surface area contributed by atoms with Crippen LogP contribution < -0.4 is 0 Å². The molecule has 0 saturated carbocycles. The molecule has 0 unspecified atom stereocenters. The maximum Gasteiger partial charge on any atom is 0.00852 e. The average Bonchev–Trinajstić information content (AvgIpc) is 2.18. The predicted molar refractivity (Wildman–Crippen MR) is 67.1 cm³/mol. The highest BCUT2D eigenvalue weighted by molar-refractivity contribution is 7.80. The Hall–Kier alpha value is -0.690. The normalized spacial score (nSPS) is 11.8. The average molecular weight is 206 g/mol. The minimum Gasteiger partial charge on any atom is -0.175 e. The van der Waals surface area contributed by atoms with Gasteiger partial charge in [0.2, 0.25) is 0 Å². The van der Waals surface area contributed by atoms with Crippen molar-refractivity contribution in [1.29, 1.82) is 0 Å². The summed E-state index contributed by atoms with van der Waals surface area (Å²) in [5, 5.41) is 0. The van der Waals surface area contributed by atoms with E-state index in [1.54, 1.807) is 0 Å². The van der Waals surface area contributed by atoms with Crippen molar-refractivity contribution in [2.45, 2.75) is 26.7 Å². The van der Waals surface area contributed by atoms with E-state index < -0.39 is 0 Å². The maximum atomic E-state index is 4.19. The van der Waals surface area contributed by atoms with E-state index in [0.717, 1.165) is 18.6 Å². The van der Waals surface area contributed by atoms with Crippen molar-refractivity contribution >= 4 is 12.6 Å². The fourth-order valence-electron chi connectivity index (χ4n) is 1.51. The molecular weight excluding hydrogens is 188 g/mol. The van der Waals surface area contributed by atoms with Crippen molar-refractivity contribution < 1.29 is 0 Å². The van der Waals surface area contributed by atoms with Crippen LogP contribution >= 0.6 is 12.6 Å². The van der Waals surface area contributed by atoms with Gasteiger partial charge in [-0.3, -0.25) is 0 Å². The van der Waals surface area contributed by atoms with Crippen LogP contribution in [-0.2, 0) is 12.8 Å². The van der Waals surface area contributed by atoms with Crippen LogP contribution in [0.25, 0.3) is 0 Å². The summed E-state index contributed by atoms with van der Waals surface area (Å²) in [5.41, 5.74) is 4.22. The molecule has 1 heteroatoms. The Kier molecular flexibility index (Phi) is 4.81. The van der Waals surface area contributed by atoms with Crippen LogP contribution in [0.4, 0.5) is 0 Å². The molecular formula is C13H18S. The lowest BCUT2D eigenvalue weighted by atomic mass is 10.0. The van der Waals surface area contributed by atoms with Crippen LogP contribution in [0.2, 0.25) is 0 Å². The fourth-order valence-corrected chi connectivity index (χ4v) is 1.82. The van der Waals surface area contributed by atoms with Crippen molar-refractivity contribution in [2.24, 2.45) is 0 Å². The summed E-state index contributed by atoms with van der Waals surface area (Å²) in [6, 6.07) is 8.80. The molecule has 0 heterocycles. The van der Waals surface area contributed by atoms with Crippen molar-refractivity contribution in [2.75, 3.05) is 5.75 Å². The molecule has 0 fully saturated rings. The first-order valence-electron chi connectivity index (χ1n) is 5.10. The molecule has 0 N–H and O–H groups in total. The molecule has 0 atom stereocenters. The van der Waals surface area contributed by atoms with Crippen LogP contribution in [0.1, 0.15) is 25.0 Å². The zero-order valence-electron chi connectivity index (χ0n) is 8.96. The summed E-state index contributed by atoms with van der Waals surface area (Å²) in [7, 11) is 0. The van der Waals surface area contributed by atoms with Crippen LogP contribution in [0.3, 0.4) is 0 Å². The number of allylic oxidation sites excluding steroid dienone is 1. The topological polar surface area (TPSA) is 0 Å². The molecule has 0 aromatic heterocycles. The molecule has 76 valence electrons. The molecule has 0 amide bonds. The summed E-state index contributed by atoms with van der Waals surface area (Å²) in [4.78, 5) is 0. The third-order valence-electron chi connectivity index (χ3n) is 2.32. The standard InChI is InChI=1S/C13H18S/c1-3-12-5-4-6-13(10-12)9-11(2)7-8-14/h4-7,10,14H,3,8-9H2,1-2H3. The van der Waals surface area contributed by atoms with Crippen LogP contribution in [0.5, 0.6) is 0 Å². The lowest BCUT2D eigenvalue weighted by Crippen LogP contribution is -1.89. The molecule has 1 aromatic carbocycles. The highest BCUT2D eigenvalue weighted by Crippen LogP contribution is 2.10. The van der Waals surface area contributed by atoms with E-state index >= 15 is 0 Å². The summed E-state index contributed by atoms with van der Waals surface area (Å²) in [6.07, 6.45) is 4.33. The van der Waals surface area contributed by atoms with E-state index in [-0.39, 0.29) is 0 Å². The number of benzene rings is 1. The van der Waals surface area contributed by atoms with Crippen molar-refractivity contribution in [3.63, 3.8) is 0 Å². The van der Waals surface area contributed by atoms with Gasteiger partial charge in [-0.2, -0.15) is 12.6 Å². The molecule has 14 heavy (non-hydrogen) atoms. The Labute approximate surface area is 92.5 Å². The lowest BCUT2D eigenvalue weighted by molar-refractivity contribution is 1.09. The molecule has 0 aliphatic heterocycles. The second-order valence-corrected chi connectivity index (χ2v) is 3.95. The zero-order chi connectivity index (χ0) is 10.4. The minimum absolute atomic E-state index is 0.833. The molecule has 0 aliphatic carbocycles. The van der Waals surface area contributed by atoms with Gasteiger partial charge in [0.1, 0.15) is 0 Å². The highest BCUT2D eigenvalue weighted by atomic mass is 32.1. The fraction of sp³-hybridized carbons (Fsp3) is 0.385. The van der Waals surface area contributed by atoms with Crippen LogP contribution in [0, 0.1) is 0 Å². The van der Waals surface area contributed by atoms with Gasteiger partial charge in [-0.1, -0.05) is 42.8 Å². The van der Waals surface area contributed by atoms with E-state index in [2.05, 4.69) is 56.8 Å². The number of hydrogen-bond donors (Lipinski definition) is 1. The first kappa shape index (κ1) is 11.4. The molecule has 0 aliphatic rings. The van der Waals surface area contributed by atoms with E-state index in [9.17, 15) is 0 Å². The van der Waals surface area contributed by atoms with Gasteiger partial charge in [-0.15, -0.1) is 0 Å². The Morgan fingerprint density at radius 3 is 2.71 bits per heavy atom. The Balaban J connectivity index is 2.71. The summed E-state index contributed by atoms with van der Waals surface area (Å²) < 4.78 is 0. The minimum atomic E-state index is 0.833. The van der Waals surface area contributed by atoms with E-state index in [4.69, 9.17) is 0 Å². The predicted octanol–water partition coefficient (Wildman–Crippen LogP) is 3.67. The third kappa shape index (κ3) is 3.59.